The molecule has 0 unspecified atom stereocenters. The van der Waals surface area contributed by atoms with Gasteiger partial charge in [0, 0.05) is 13.5 Å². The maximum atomic E-state index is 10.5. The second-order valence-corrected chi connectivity index (χ2v) is 5.84. The van der Waals surface area contributed by atoms with Gasteiger partial charge in [0.05, 0.1) is 6.61 Å². The van der Waals surface area contributed by atoms with Crippen LogP contribution in [0.25, 0.3) is 0 Å². The van der Waals surface area contributed by atoms with Crippen molar-refractivity contribution in [1.82, 2.24) is 0 Å². The molecule has 0 spiro atoms. The molecule has 0 bridgehead atoms. The first-order valence-electron chi connectivity index (χ1n) is 8.98. The van der Waals surface area contributed by atoms with E-state index in [-0.39, 0.29) is 37.0 Å². The molecule has 0 aromatic heterocycles. The van der Waals surface area contributed by atoms with E-state index in [1.165, 1.54) is 77.6 Å². The molecule has 0 aliphatic carbocycles. The van der Waals surface area contributed by atoms with E-state index in [0.717, 1.165) is 13.0 Å². The zero-order chi connectivity index (χ0) is 15.6. The van der Waals surface area contributed by atoms with Crippen LogP contribution in [0.3, 0.4) is 0 Å². The van der Waals surface area contributed by atoms with E-state index < -0.39 is 0 Å². The smallest absolute Gasteiger partial charge is 1.00 e. The van der Waals surface area contributed by atoms with Gasteiger partial charge < -0.3 is 10.9 Å². The van der Waals surface area contributed by atoms with Crippen LogP contribution in [0.15, 0.2) is 0 Å². The summed E-state index contributed by atoms with van der Waals surface area (Å²) in [5.74, 6) is -0.232. The molecular formula is C18H37NaO3. The quantitative estimate of drug-likeness (QED) is 0.248. The van der Waals surface area contributed by atoms with Crippen LogP contribution in [-0.2, 0) is 14.3 Å². The summed E-state index contributed by atoms with van der Waals surface area (Å²) in [5, 5.41) is 0. The molecule has 128 valence electrons. The SMILES string of the molecule is CCCCCCCCCCCCCCOCCOC(C)=O.[H-].[Na+]. The topological polar surface area (TPSA) is 35.5 Å². The van der Waals surface area contributed by atoms with Crippen molar-refractivity contribution in [1.29, 1.82) is 0 Å². The van der Waals surface area contributed by atoms with Gasteiger partial charge in [-0.25, -0.2) is 0 Å². The van der Waals surface area contributed by atoms with Gasteiger partial charge in [0.25, 0.3) is 0 Å². The molecular weight excluding hydrogens is 287 g/mol. The van der Waals surface area contributed by atoms with Gasteiger partial charge >= 0.3 is 35.5 Å². The Kier molecular flexibility index (Phi) is 24.0. The molecule has 0 saturated heterocycles. The number of hydrogen-bond donors (Lipinski definition) is 0. The number of esters is 1. The molecule has 0 aliphatic heterocycles. The fourth-order valence-electron chi connectivity index (χ4n) is 2.39. The summed E-state index contributed by atoms with van der Waals surface area (Å²) in [6.07, 6.45) is 16.3. The second kappa shape index (κ2) is 21.4. The Morgan fingerprint density at radius 1 is 0.727 bits per heavy atom. The summed E-state index contributed by atoms with van der Waals surface area (Å²) in [7, 11) is 0. The van der Waals surface area contributed by atoms with Crippen molar-refractivity contribution < 1.29 is 45.3 Å². The predicted octanol–water partition coefficient (Wildman–Crippen LogP) is 2.38. The summed E-state index contributed by atoms with van der Waals surface area (Å²) in [6.45, 7) is 5.39. The van der Waals surface area contributed by atoms with Crippen LogP contribution in [0.4, 0.5) is 0 Å². The fraction of sp³-hybridized carbons (Fsp3) is 0.944. The van der Waals surface area contributed by atoms with Gasteiger partial charge in [-0.2, -0.15) is 0 Å². The van der Waals surface area contributed by atoms with Gasteiger partial charge in [-0.15, -0.1) is 0 Å². The van der Waals surface area contributed by atoms with Crippen molar-refractivity contribution in [2.45, 2.75) is 90.9 Å². The molecule has 0 radical (unpaired) electrons. The van der Waals surface area contributed by atoms with Crippen molar-refractivity contribution in [2.24, 2.45) is 0 Å². The van der Waals surface area contributed by atoms with Crippen LogP contribution in [0.1, 0.15) is 92.3 Å². The van der Waals surface area contributed by atoms with E-state index in [0.29, 0.717) is 13.2 Å². The van der Waals surface area contributed by atoms with Crippen molar-refractivity contribution in [2.75, 3.05) is 19.8 Å². The molecule has 0 aromatic rings. The molecule has 0 fully saturated rings. The van der Waals surface area contributed by atoms with E-state index in [1.54, 1.807) is 0 Å². The zero-order valence-electron chi connectivity index (χ0n) is 16.3. The first kappa shape index (κ1) is 24.7. The van der Waals surface area contributed by atoms with E-state index in [4.69, 9.17) is 9.47 Å². The molecule has 0 amide bonds. The van der Waals surface area contributed by atoms with E-state index in [2.05, 4.69) is 6.92 Å². The molecule has 3 nitrogen and oxygen atoms in total. The third kappa shape index (κ3) is 22.7. The maximum Gasteiger partial charge on any atom is 1.00 e. The number of carbonyl (C=O) groups is 1. The normalized spacial score (nSPS) is 10.3. The van der Waals surface area contributed by atoms with Gasteiger partial charge in [-0.1, -0.05) is 77.6 Å². The van der Waals surface area contributed by atoms with Gasteiger partial charge in [0.1, 0.15) is 6.61 Å². The van der Waals surface area contributed by atoms with Crippen LogP contribution in [0.5, 0.6) is 0 Å². The van der Waals surface area contributed by atoms with Crippen LogP contribution in [0.2, 0.25) is 0 Å². The Labute approximate surface area is 161 Å². The minimum absolute atomic E-state index is 0. The summed E-state index contributed by atoms with van der Waals surface area (Å²) >= 11 is 0. The molecule has 0 atom stereocenters. The average molecular weight is 324 g/mol. The summed E-state index contributed by atoms with van der Waals surface area (Å²) in [5.41, 5.74) is 0. The van der Waals surface area contributed by atoms with Crippen LogP contribution < -0.4 is 29.6 Å². The number of carbonyl (C=O) groups excluding carboxylic acids is 1. The molecule has 0 N–H and O–H groups in total. The van der Waals surface area contributed by atoms with Gasteiger partial charge in [0.2, 0.25) is 0 Å². The van der Waals surface area contributed by atoms with Gasteiger partial charge in [0.15, 0.2) is 0 Å². The van der Waals surface area contributed by atoms with E-state index >= 15 is 0 Å². The van der Waals surface area contributed by atoms with Crippen LogP contribution in [0, 0.1) is 0 Å². The number of rotatable bonds is 16. The molecule has 0 aliphatic rings. The Bertz CT molecular complexity index is 228. The third-order valence-electron chi connectivity index (χ3n) is 3.68. The first-order valence-corrected chi connectivity index (χ1v) is 8.98. The van der Waals surface area contributed by atoms with Gasteiger partial charge in [-0.05, 0) is 6.42 Å². The zero-order valence-corrected chi connectivity index (χ0v) is 17.3. The monoisotopic (exact) mass is 324 g/mol. The Morgan fingerprint density at radius 3 is 1.64 bits per heavy atom. The second-order valence-electron chi connectivity index (χ2n) is 5.84. The van der Waals surface area contributed by atoms with Crippen molar-refractivity contribution in [3.05, 3.63) is 0 Å². The number of ether oxygens (including phenoxy) is 2. The Hall–Kier alpha value is 0.430. The van der Waals surface area contributed by atoms with Crippen LogP contribution >= 0.6 is 0 Å². The standard InChI is InChI=1S/C18H36O3.Na.H/c1-3-4-5-6-7-8-9-10-11-12-13-14-15-20-16-17-21-18(2)19;;/h3-17H2,1-2H3;;/q;+1;-1. The molecule has 0 rings (SSSR count). The summed E-state index contributed by atoms with van der Waals surface area (Å²) < 4.78 is 10.2. The third-order valence-corrected chi connectivity index (χ3v) is 3.68. The number of unbranched alkanes of at least 4 members (excludes halogenated alkanes) is 11. The predicted molar refractivity (Wildman–Crippen MR) is 89.6 cm³/mol. The minimum Gasteiger partial charge on any atom is -1.00 e. The van der Waals surface area contributed by atoms with Crippen LogP contribution in [-0.4, -0.2) is 25.8 Å². The maximum absolute atomic E-state index is 10.5. The van der Waals surface area contributed by atoms with Crippen molar-refractivity contribution in [3.8, 4) is 0 Å². The van der Waals surface area contributed by atoms with Crippen molar-refractivity contribution >= 4 is 5.97 Å². The Morgan fingerprint density at radius 2 is 1.18 bits per heavy atom. The fourth-order valence-corrected chi connectivity index (χ4v) is 2.39. The van der Waals surface area contributed by atoms with Gasteiger partial charge in [-0.3, -0.25) is 4.79 Å². The van der Waals surface area contributed by atoms with E-state index in [1.807, 2.05) is 0 Å². The minimum atomic E-state index is -0.232. The molecule has 0 heterocycles. The molecule has 22 heavy (non-hydrogen) atoms. The molecule has 0 saturated carbocycles. The Balaban J connectivity index is -0.00000200. The largest absolute Gasteiger partial charge is 1.00 e. The number of hydrogen-bond acceptors (Lipinski definition) is 3. The average Bonchev–Trinajstić information content (AvgIpc) is 2.46. The van der Waals surface area contributed by atoms with Crippen molar-refractivity contribution in [3.63, 3.8) is 0 Å². The first-order chi connectivity index (χ1) is 10.3. The summed E-state index contributed by atoms with van der Waals surface area (Å²) in [4.78, 5) is 10.5. The summed E-state index contributed by atoms with van der Waals surface area (Å²) in [6, 6.07) is 0. The molecule has 4 heteroatoms. The van der Waals surface area contributed by atoms with E-state index in [9.17, 15) is 4.79 Å². The molecule has 0 aromatic carbocycles.